The lowest BCUT2D eigenvalue weighted by Gasteiger charge is -2.22. The van der Waals surface area contributed by atoms with Crippen molar-refractivity contribution in [1.29, 1.82) is 0 Å². The highest BCUT2D eigenvalue weighted by molar-refractivity contribution is 7.89. The maximum atomic E-state index is 13.3. The summed E-state index contributed by atoms with van der Waals surface area (Å²) in [5.74, 6) is 0.152. The topological polar surface area (TPSA) is 113 Å². The van der Waals surface area contributed by atoms with Crippen LogP contribution in [0.15, 0.2) is 52.2 Å². The fourth-order valence-corrected chi connectivity index (χ4v) is 5.70. The minimum absolute atomic E-state index is 0.0329. The Labute approximate surface area is 198 Å². The van der Waals surface area contributed by atoms with Gasteiger partial charge in [0.05, 0.1) is 35.0 Å². The molecule has 0 spiro atoms. The number of sulfonamides is 1. The maximum Gasteiger partial charge on any atom is 0.258 e. The molecule has 0 aliphatic carbocycles. The predicted octanol–water partition coefficient (Wildman–Crippen LogP) is 2.77. The average Bonchev–Trinajstić information content (AvgIpc) is 3.13. The molecule has 0 unspecified atom stereocenters. The first-order chi connectivity index (χ1) is 16.3. The number of hydrogen-bond acceptors (Lipinski definition) is 6. The van der Waals surface area contributed by atoms with Crippen LogP contribution in [-0.2, 0) is 16.6 Å². The van der Waals surface area contributed by atoms with Crippen molar-refractivity contribution >= 4 is 26.8 Å². The van der Waals surface area contributed by atoms with Crippen molar-refractivity contribution in [1.82, 2.24) is 19.2 Å². The van der Waals surface area contributed by atoms with Crippen LogP contribution in [0.2, 0.25) is 0 Å². The van der Waals surface area contributed by atoms with Crippen LogP contribution in [0.25, 0.3) is 10.9 Å². The van der Waals surface area contributed by atoms with E-state index in [0.717, 1.165) is 25.7 Å². The Balaban J connectivity index is 1.62. The highest BCUT2D eigenvalue weighted by atomic mass is 32.2. The summed E-state index contributed by atoms with van der Waals surface area (Å²) in [6, 6.07) is 11.3. The van der Waals surface area contributed by atoms with Crippen LogP contribution >= 0.6 is 0 Å². The molecule has 0 saturated carbocycles. The molecule has 2 aromatic carbocycles. The summed E-state index contributed by atoms with van der Waals surface area (Å²) in [6.45, 7) is 0.974. The Kier molecular flexibility index (Phi) is 6.99. The fraction of sp³-hybridized carbons (Fsp3) is 0.375. The molecule has 34 heavy (non-hydrogen) atoms. The molecule has 1 aliphatic rings. The quantitative estimate of drug-likeness (QED) is 0.576. The minimum atomic E-state index is -3.73. The van der Waals surface area contributed by atoms with Crippen LogP contribution < -0.4 is 10.3 Å². The fourth-order valence-electron chi connectivity index (χ4n) is 4.16. The highest BCUT2D eigenvalue weighted by Crippen LogP contribution is 2.27. The van der Waals surface area contributed by atoms with E-state index in [1.54, 1.807) is 31.3 Å². The summed E-state index contributed by atoms with van der Waals surface area (Å²) in [6.07, 6.45) is 3.66. The third kappa shape index (κ3) is 4.83. The van der Waals surface area contributed by atoms with Gasteiger partial charge in [-0.25, -0.2) is 13.4 Å². The normalized spacial score (nSPS) is 15.1. The number of rotatable bonds is 6. The summed E-state index contributed by atoms with van der Waals surface area (Å²) in [5, 5.41) is 0.466. The number of H-pyrrole nitrogens is 1. The van der Waals surface area contributed by atoms with Crippen LogP contribution in [-0.4, -0.2) is 60.7 Å². The van der Waals surface area contributed by atoms with Crippen LogP contribution in [0.3, 0.4) is 0 Å². The summed E-state index contributed by atoms with van der Waals surface area (Å²) < 4.78 is 33.3. The van der Waals surface area contributed by atoms with Gasteiger partial charge in [-0.15, -0.1) is 0 Å². The van der Waals surface area contributed by atoms with Gasteiger partial charge in [-0.05, 0) is 43.2 Å². The third-order valence-electron chi connectivity index (χ3n) is 6.00. The molecule has 1 N–H and O–H groups in total. The number of aromatic amines is 1. The molecular formula is C24H28N4O5S. The Morgan fingerprint density at radius 1 is 1.12 bits per heavy atom. The summed E-state index contributed by atoms with van der Waals surface area (Å²) in [5.41, 5.74) is 0.374. The maximum absolute atomic E-state index is 13.3. The Morgan fingerprint density at radius 2 is 1.82 bits per heavy atom. The van der Waals surface area contributed by atoms with Gasteiger partial charge in [0.25, 0.3) is 11.5 Å². The largest absolute Gasteiger partial charge is 0.496 e. The number of aromatic nitrogens is 2. The van der Waals surface area contributed by atoms with Crippen LogP contribution in [0.1, 0.15) is 41.9 Å². The Bertz CT molecular complexity index is 1360. The monoisotopic (exact) mass is 484 g/mol. The van der Waals surface area contributed by atoms with Crippen molar-refractivity contribution < 1.29 is 17.9 Å². The zero-order valence-electron chi connectivity index (χ0n) is 19.3. The lowest BCUT2D eigenvalue weighted by molar-refractivity contribution is 0.0778. The number of para-hydroxylation sites is 1. The van der Waals surface area contributed by atoms with E-state index in [1.165, 1.54) is 34.5 Å². The van der Waals surface area contributed by atoms with Gasteiger partial charge < -0.3 is 14.6 Å². The molecule has 1 amide bonds. The molecule has 1 aliphatic heterocycles. The summed E-state index contributed by atoms with van der Waals surface area (Å²) in [4.78, 5) is 34.2. The second kappa shape index (κ2) is 9.94. The van der Waals surface area contributed by atoms with E-state index in [-0.39, 0.29) is 28.3 Å². The lowest BCUT2D eigenvalue weighted by atomic mass is 10.1. The van der Waals surface area contributed by atoms with E-state index < -0.39 is 15.9 Å². The van der Waals surface area contributed by atoms with Gasteiger partial charge in [0.15, 0.2) is 0 Å². The van der Waals surface area contributed by atoms with E-state index in [4.69, 9.17) is 4.74 Å². The van der Waals surface area contributed by atoms with Crippen LogP contribution in [0.4, 0.5) is 0 Å². The number of nitrogens with one attached hydrogen (secondary N) is 1. The summed E-state index contributed by atoms with van der Waals surface area (Å²) >= 11 is 0. The third-order valence-corrected chi connectivity index (χ3v) is 7.89. The van der Waals surface area contributed by atoms with Crippen molar-refractivity contribution in [2.45, 2.75) is 37.1 Å². The Morgan fingerprint density at radius 3 is 2.53 bits per heavy atom. The molecule has 1 aromatic heterocycles. The first kappa shape index (κ1) is 23.9. The van der Waals surface area contributed by atoms with Gasteiger partial charge in [0, 0.05) is 20.1 Å². The van der Waals surface area contributed by atoms with Gasteiger partial charge in [0.2, 0.25) is 10.0 Å². The molecule has 1 saturated heterocycles. The van der Waals surface area contributed by atoms with Crippen molar-refractivity contribution in [3.8, 4) is 5.75 Å². The SMILES string of the molecule is COc1ccc(S(=O)(=O)N2CCCCCC2)cc1C(=O)N(C)Cc1nc2ccccc2c(=O)[nH]1. The smallest absolute Gasteiger partial charge is 0.258 e. The number of ether oxygens (including phenoxy) is 1. The van der Waals surface area contributed by atoms with Gasteiger partial charge >= 0.3 is 0 Å². The second-order valence-electron chi connectivity index (χ2n) is 8.37. The van der Waals surface area contributed by atoms with Gasteiger partial charge in [0.1, 0.15) is 11.6 Å². The Hall–Kier alpha value is -3.24. The number of hydrogen-bond donors (Lipinski definition) is 1. The van der Waals surface area contributed by atoms with Crippen LogP contribution in [0.5, 0.6) is 5.75 Å². The minimum Gasteiger partial charge on any atom is -0.496 e. The van der Waals surface area contributed by atoms with E-state index >= 15 is 0 Å². The molecule has 0 bridgehead atoms. The van der Waals surface area contributed by atoms with E-state index in [0.29, 0.717) is 29.8 Å². The molecule has 9 nitrogen and oxygen atoms in total. The number of carbonyl (C=O) groups excluding carboxylic acids is 1. The van der Waals surface area contributed by atoms with Crippen molar-refractivity contribution in [2.75, 3.05) is 27.2 Å². The predicted molar refractivity (Wildman–Crippen MR) is 128 cm³/mol. The average molecular weight is 485 g/mol. The molecule has 3 aromatic rings. The van der Waals surface area contributed by atoms with Gasteiger partial charge in [-0.1, -0.05) is 25.0 Å². The van der Waals surface area contributed by atoms with Crippen molar-refractivity contribution in [2.24, 2.45) is 0 Å². The lowest BCUT2D eigenvalue weighted by Crippen LogP contribution is -2.32. The van der Waals surface area contributed by atoms with Crippen molar-refractivity contribution in [3.63, 3.8) is 0 Å². The first-order valence-corrected chi connectivity index (χ1v) is 12.7. The highest BCUT2D eigenvalue weighted by Gasteiger charge is 2.28. The molecule has 1 fully saturated rings. The number of benzene rings is 2. The molecule has 2 heterocycles. The number of methoxy groups -OCH3 is 1. The van der Waals surface area contributed by atoms with Gasteiger partial charge in [-0.3, -0.25) is 9.59 Å². The first-order valence-electron chi connectivity index (χ1n) is 11.2. The number of nitrogens with zero attached hydrogens (tertiary/aromatic N) is 3. The second-order valence-corrected chi connectivity index (χ2v) is 10.3. The zero-order chi connectivity index (χ0) is 24.3. The molecular weight excluding hydrogens is 456 g/mol. The number of fused-ring (bicyclic) bond motifs is 1. The molecule has 180 valence electrons. The molecule has 0 radical (unpaired) electrons. The van der Waals surface area contributed by atoms with Crippen molar-refractivity contribution in [3.05, 3.63) is 64.2 Å². The van der Waals surface area contributed by atoms with E-state index in [1.807, 2.05) is 0 Å². The zero-order valence-corrected chi connectivity index (χ0v) is 20.1. The number of amides is 1. The molecule has 4 rings (SSSR count). The number of carbonyl (C=O) groups is 1. The summed E-state index contributed by atoms with van der Waals surface area (Å²) in [7, 11) is -0.743. The van der Waals surface area contributed by atoms with Gasteiger partial charge in [-0.2, -0.15) is 4.31 Å². The molecule has 0 atom stereocenters. The van der Waals surface area contributed by atoms with E-state index in [9.17, 15) is 18.0 Å². The van der Waals surface area contributed by atoms with Crippen LogP contribution in [0, 0.1) is 0 Å². The molecule has 10 heteroatoms. The van der Waals surface area contributed by atoms with E-state index in [2.05, 4.69) is 9.97 Å². The standard InChI is InChI=1S/C24H28N4O5S/c1-27(16-22-25-20-10-6-5-9-18(20)23(29)26-22)24(30)19-15-17(11-12-21(19)33-2)34(31,32)28-13-7-3-4-8-14-28/h5-6,9-12,15H,3-4,7-8,13-14,16H2,1-2H3,(H,25,26,29).